The number of aliphatic hydroxyl groups excluding tert-OH is 1. The summed E-state index contributed by atoms with van der Waals surface area (Å²) in [5.74, 6) is -0.712. The van der Waals surface area contributed by atoms with Crippen LogP contribution in [0.2, 0.25) is 0 Å². The van der Waals surface area contributed by atoms with Gasteiger partial charge >= 0.3 is 5.97 Å². The van der Waals surface area contributed by atoms with Crippen LogP contribution in [-0.2, 0) is 29.0 Å². The summed E-state index contributed by atoms with van der Waals surface area (Å²) in [5, 5.41) is 22.0. The van der Waals surface area contributed by atoms with Crippen molar-refractivity contribution in [2.75, 3.05) is 32.1 Å². The molecule has 0 radical (unpaired) electrons. The third kappa shape index (κ3) is 8.18. The van der Waals surface area contributed by atoms with E-state index in [9.17, 15) is 24.6 Å². The van der Waals surface area contributed by atoms with E-state index in [4.69, 9.17) is 4.74 Å². The Labute approximate surface area is 246 Å². The molecule has 222 valence electrons. The predicted octanol–water partition coefficient (Wildman–Crippen LogP) is 3.85. The maximum atomic E-state index is 13.5. The Morgan fingerprint density at radius 2 is 1.79 bits per heavy atom. The molecule has 3 N–H and O–H groups in total. The van der Waals surface area contributed by atoms with Crippen molar-refractivity contribution in [3.63, 3.8) is 0 Å². The lowest BCUT2D eigenvalue weighted by molar-refractivity contribution is -0.134. The van der Waals surface area contributed by atoms with Crippen LogP contribution in [0.15, 0.2) is 72.8 Å². The number of likely N-dealkylation sites (N-methyl/N-ethyl adjacent to an activating group) is 1. The van der Waals surface area contributed by atoms with Crippen molar-refractivity contribution in [1.82, 2.24) is 9.80 Å². The fourth-order valence-electron chi connectivity index (χ4n) is 5.15. The number of aromatic carboxylic acids is 1. The van der Waals surface area contributed by atoms with Gasteiger partial charge in [0.1, 0.15) is 11.9 Å². The first-order valence-electron chi connectivity index (χ1n) is 14.2. The van der Waals surface area contributed by atoms with E-state index >= 15 is 0 Å². The van der Waals surface area contributed by atoms with E-state index in [0.717, 1.165) is 11.1 Å². The normalized spacial score (nSPS) is 17.8. The Hall–Kier alpha value is -4.21. The lowest BCUT2D eigenvalue weighted by Crippen LogP contribution is -2.47. The van der Waals surface area contributed by atoms with Gasteiger partial charge in [-0.2, -0.15) is 0 Å². The van der Waals surface area contributed by atoms with E-state index in [-0.39, 0.29) is 54.9 Å². The lowest BCUT2D eigenvalue weighted by atomic mass is 10.0. The minimum Gasteiger partial charge on any atom is -0.488 e. The fraction of sp³-hybridized carbons (Fsp3) is 0.364. The molecular weight excluding hydrogens is 534 g/mol. The highest BCUT2D eigenvalue weighted by atomic mass is 16.5. The van der Waals surface area contributed by atoms with E-state index in [0.29, 0.717) is 36.6 Å². The number of carboxylic acid groups (broad SMARTS) is 1. The van der Waals surface area contributed by atoms with E-state index in [2.05, 4.69) is 10.2 Å². The van der Waals surface area contributed by atoms with Crippen molar-refractivity contribution in [3.8, 4) is 5.75 Å². The van der Waals surface area contributed by atoms with Gasteiger partial charge in [-0.3, -0.25) is 14.5 Å². The number of amides is 2. The minimum atomic E-state index is -0.962. The fourth-order valence-corrected chi connectivity index (χ4v) is 5.15. The number of carbonyl (C=O) groups excluding carboxylic acids is 2. The molecule has 0 spiro atoms. The second kappa shape index (κ2) is 14.1. The Morgan fingerprint density at radius 3 is 2.45 bits per heavy atom. The van der Waals surface area contributed by atoms with E-state index in [1.807, 2.05) is 51.2 Å². The Balaban J connectivity index is 1.55. The smallest absolute Gasteiger partial charge is 0.335 e. The number of nitrogens with zero attached hydrogens (tertiary/aromatic N) is 2. The van der Waals surface area contributed by atoms with E-state index in [1.165, 1.54) is 0 Å². The molecule has 4 rings (SSSR count). The van der Waals surface area contributed by atoms with Gasteiger partial charge in [0, 0.05) is 36.8 Å². The first-order valence-corrected chi connectivity index (χ1v) is 14.2. The van der Waals surface area contributed by atoms with Crippen molar-refractivity contribution in [3.05, 3.63) is 95.1 Å². The molecule has 1 heterocycles. The number of ether oxygens (including phenoxy) is 1. The summed E-state index contributed by atoms with van der Waals surface area (Å²) in [6, 6.07) is 21.3. The van der Waals surface area contributed by atoms with Gasteiger partial charge in [0.15, 0.2) is 0 Å². The lowest BCUT2D eigenvalue weighted by Gasteiger charge is -2.34. The Bertz CT molecular complexity index is 1380. The molecule has 0 aliphatic carbocycles. The number of aliphatic hydroxyl groups is 1. The van der Waals surface area contributed by atoms with Crippen LogP contribution in [-0.4, -0.2) is 76.7 Å². The summed E-state index contributed by atoms with van der Waals surface area (Å²) >= 11 is 0. The van der Waals surface area contributed by atoms with Crippen molar-refractivity contribution in [1.29, 1.82) is 0 Å². The van der Waals surface area contributed by atoms with Crippen LogP contribution < -0.4 is 10.1 Å². The van der Waals surface area contributed by atoms with Crippen molar-refractivity contribution < 1.29 is 29.3 Å². The molecule has 0 saturated carbocycles. The number of hydrogen-bond acceptors (Lipinski definition) is 6. The van der Waals surface area contributed by atoms with E-state index < -0.39 is 5.97 Å². The molecule has 0 bridgehead atoms. The molecule has 1 aliphatic heterocycles. The zero-order chi connectivity index (χ0) is 30.2. The summed E-state index contributed by atoms with van der Waals surface area (Å²) in [7, 11) is 1.97. The molecule has 3 aromatic carbocycles. The van der Waals surface area contributed by atoms with E-state index in [1.54, 1.807) is 47.4 Å². The quantitative estimate of drug-likeness (QED) is 0.337. The molecule has 0 fully saturated rings. The third-order valence-corrected chi connectivity index (χ3v) is 7.55. The maximum Gasteiger partial charge on any atom is 0.335 e. The third-order valence-electron chi connectivity index (χ3n) is 7.55. The number of benzene rings is 3. The second-order valence-electron chi connectivity index (χ2n) is 11.1. The summed E-state index contributed by atoms with van der Waals surface area (Å²) < 4.78 is 6.58. The maximum absolute atomic E-state index is 13.5. The average molecular weight is 574 g/mol. The zero-order valence-corrected chi connectivity index (χ0v) is 24.3. The van der Waals surface area contributed by atoms with Crippen LogP contribution in [0.5, 0.6) is 5.75 Å². The number of carboxylic acids is 1. The number of hydrogen-bond donors (Lipinski definition) is 3. The largest absolute Gasteiger partial charge is 0.488 e. The van der Waals surface area contributed by atoms with Crippen LogP contribution in [0.4, 0.5) is 5.69 Å². The highest BCUT2D eigenvalue weighted by Gasteiger charge is 2.31. The van der Waals surface area contributed by atoms with Crippen molar-refractivity contribution >= 4 is 23.5 Å². The predicted molar refractivity (Wildman–Crippen MR) is 160 cm³/mol. The van der Waals surface area contributed by atoms with Gasteiger partial charge in [0.05, 0.1) is 31.1 Å². The average Bonchev–Trinajstić information content (AvgIpc) is 3.00. The van der Waals surface area contributed by atoms with Gasteiger partial charge in [-0.1, -0.05) is 49.4 Å². The molecule has 0 unspecified atom stereocenters. The molecule has 9 heteroatoms. The number of fused-ring (bicyclic) bond motifs is 1. The summed E-state index contributed by atoms with van der Waals surface area (Å²) in [4.78, 5) is 41.2. The van der Waals surface area contributed by atoms with Gasteiger partial charge in [0.2, 0.25) is 11.8 Å². The molecule has 2 amide bonds. The molecular formula is C33H39N3O6. The van der Waals surface area contributed by atoms with Gasteiger partial charge < -0.3 is 25.2 Å². The SMILES string of the molecule is C[C@@H]1CN([C@H](C)CO)C(=O)Cc2cc(NC(=O)Cc3ccccc3)ccc2O[C@@H]1CN(C)Cc1ccc(C(=O)O)cc1. The molecule has 0 saturated heterocycles. The topological polar surface area (TPSA) is 119 Å². The molecule has 3 aromatic rings. The van der Waals surface area contributed by atoms with Crippen LogP contribution in [0.25, 0.3) is 0 Å². The first-order chi connectivity index (χ1) is 20.1. The number of carbonyl (C=O) groups is 3. The standard InChI is InChI=1S/C33H39N3O6/c1-22-18-36(23(2)21-37)32(39)17-27-16-28(34-31(38)15-24-7-5-4-6-8-24)13-14-29(27)42-30(22)20-35(3)19-25-9-11-26(12-10-25)33(40)41/h4-14,16,22-23,30,37H,15,17-21H2,1-3H3,(H,34,38)(H,40,41)/t22-,23-,30-/m1/s1. The highest BCUT2D eigenvalue weighted by Crippen LogP contribution is 2.29. The summed E-state index contributed by atoms with van der Waals surface area (Å²) in [5.41, 5.74) is 3.37. The van der Waals surface area contributed by atoms with Gasteiger partial charge in [0.25, 0.3) is 0 Å². The summed E-state index contributed by atoms with van der Waals surface area (Å²) in [6.07, 6.45) is 0.0257. The minimum absolute atomic E-state index is 0.0593. The molecule has 42 heavy (non-hydrogen) atoms. The van der Waals surface area contributed by atoms with Crippen molar-refractivity contribution in [2.45, 2.75) is 45.4 Å². The zero-order valence-electron chi connectivity index (χ0n) is 24.3. The van der Waals surface area contributed by atoms with Crippen LogP contribution >= 0.6 is 0 Å². The molecule has 1 aliphatic rings. The Morgan fingerprint density at radius 1 is 1.07 bits per heavy atom. The van der Waals surface area contributed by atoms with Crippen LogP contribution in [0.1, 0.15) is 40.9 Å². The first kappa shape index (κ1) is 30.7. The molecule has 9 nitrogen and oxygen atoms in total. The monoisotopic (exact) mass is 573 g/mol. The second-order valence-corrected chi connectivity index (χ2v) is 11.1. The number of rotatable bonds is 10. The van der Waals surface area contributed by atoms with Gasteiger partial charge in [-0.15, -0.1) is 0 Å². The van der Waals surface area contributed by atoms with Gasteiger partial charge in [-0.25, -0.2) is 4.79 Å². The van der Waals surface area contributed by atoms with Crippen molar-refractivity contribution in [2.24, 2.45) is 5.92 Å². The Kier molecular flexibility index (Phi) is 10.3. The van der Waals surface area contributed by atoms with Crippen LogP contribution in [0.3, 0.4) is 0 Å². The highest BCUT2D eigenvalue weighted by molar-refractivity contribution is 5.92. The number of nitrogens with one attached hydrogen (secondary N) is 1. The van der Waals surface area contributed by atoms with Gasteiger partial charge in [-0.05, 0) is 55.4 Å². The molecule has 3 atom stereocenters. The van der Waals surface area contributed by atoms with Crippen LogP contribution in [0, 0.1) is 5.92 Å². The number of anilines is 1. The molecule has 0 aromatic heterocycles. The summed E-state index contributed by atoms with van der Waals surface area (Å²) in [6.45, 7) is 5.26.